The van der Waals surface area contributed by atoms with E-state index >= 15 is 0 Å². The number of rotatable bonds is 5. The lowest BCUT2D eigenvalue weighted by Gasteiger charge is -2.14. The highest BCUT2D eigenvalue weighted by molar-refractivity contribution is 6.32. The Kier molecular flexibility index (Phi) is 5.20. The van der Waals surface area contributed by atoms with Crippen LogP contribution in [-0.4, -0.2) is 11.6 Å². The SMILES string of the molecule is Cc1ccnc(Cl)c1NCc1cc(Cl)ccc1OC(F)F. The summed E-state index contributed by atoms with van der Waals surface area (Å²) in [6, 6.07) is 6.25. The van der Waals surface area contributed by atoms with Crippen molar-refractivity contribution in [2.45, 2.75) is 20.1 Å². The molecule has 0 aliphatic carbocycles. The number of hydrogen-bond acceptors (Lipinski definition) is 3. The van der Waals surface area contributed by atoms with Crippen LogP contribution in [0.4, 0.5) is 14.5 Å². The van der Waals surface area contributed by atoms with Crippen molar-refractivity contribution in [3.8, 4) is 5.75 Å². The molecule has 2 aromatic rings. The Morgan fingerprint density at radius 2 is 2.05 bits per heavy atom. The van der Waals surface area contributed by atoms with E-state index in [2.05, 4.69) is 15.0 Å². The van der Waals surface area contributed by atoms with Gasteiger partial charge in [0.25, 0.3) is 0 Å². The smallest absolute Gasteiger partial charge is 0.387 e. The average Bonchev–Trinajstić information content (AvgIpc) is 2.40. The Balaban J connectivity index is 2.21. The van der Waals surface area contributed by atoms with Crippen LogP contribution in [0.5, 0.6) is 5.75 Å². The molecule has 0 spiro atoms. The number of anilines is 1. The Morgan fingerprint density at radius 1 is 1.29 bits per heavy atom. The quantitative estimate of drug-likeness (QED) is 0.790. The predicted octanol–water partition coefficient (Wildman–Crippen LogP) is 4.91. The van der Waals surface area contributed by atoms with Gasteiger partial charge >= 0.3 is 6.61 Å². The maximum absolute atomic E-state index is 12.4. The van der Waals surface area contributed by atoms with Crippen LogP contribution in [-0.2, 0) is 6.54 Å². The zero-order valence-electron chi connectivity index (χ0n) is 11.0. The molecular weight excluding hydrogens is 321 g/mol. The first-order valence-corrected chi connectivity index (χ1v) is 6.81. The highest BCUT2D eigenvalue weighted by Crippen LogP contribution is 2.28. The van der Waals surface area contributed by atoms with Crippen molar-refractivity contribution in [1.82, 2.24) is 4.98 Å². The number of benzene rings is 1. The van der Waals surface area contributed by atoms with E-state index in [1.54, 1.807) is 18.3 Å². The van der Waals surface area contributed by atoms with Crippen molar-refractivity contribution in [2.24, 2.45) is 0 Å². The van der Waals surface area contributed by atoms with E-state index in [0.717, 1.165) is 5.56 Å². The number of nitrogens with zero attached hydrogens (tertiary/aromatic N) is 1. The van der Waals surface area contributed by atoms with E-state index in [1.165, 1.54) is 12.1 Å². The first kappa shape index (κ1) is 15.8. The molecule has 1 heterocycles. The van der Waals surface area contributed by atoms with Crippen molar-refractivity contribution in [2.75, 3.05) is 5.32 Å². The van der Waals surface area contributed by atoms with Gasteiger partial charge in [0, 0.05) is 23.3 Å². The fraction of sp³-hybridized carbons (Fsp3) is 0.214. The van der Waals surface area contributed by atoms with E-state index in [9.17, 15) is 8.78 Å². The molecule has 0 aliphatic rings. The molecule has 0 atom stereocenters. The molecule has 1 N–H and O–H groups in total. The highest BCUT2D eigenvalue weighted by Gasteiger charge is 2.11. The first-order chi connectivity index (χ1) is 9.97. The largest absolute Gasteiger partial charge is 0.434 e. The zero-order valence-corrected chi connectivity index (χ0v) is 12.6. The van der Waals surface area contributed by atoms with Crippen LogP contribution in [0.2, 0.25) is 10.2 Å². The van der Waals surface area contributed by atoms with Gasteiger partial charge in [0.15, 0.2) is 5.15 Å². The van der Waals surface area contributed by atoms with Crippen LogP contribution in [0, 0.1) is 6.92 Å². The van der Waals surface area contributed by atoms with Gasteiger partial charge in [-0.25, -0.2) is 4.98 Å². The second-order valence-electron chi connectivity index (χ2n) is 4.28. The van der Waals surface area contributed by atoms with E-state index in [-0.39, 0.29) is 12.3 Å². The summed E-state index contributed by atoms with van der Waals surface area (Å²) in [7, 11) is 0. The molecule has 0 aliphatic heterocycles. The number of hydrogen-bond donors (Lipinski definition) is 1. The fourth-order valence-corrected chi connectivity index (χ4v) is 2.29. The number of nitrogens with one attached hydrogen (secondary N) is 1. The van der Waals surface area contributed by atoms with Crippen molar-refractivity contribution < 1.29 is 13.5 Å². The van der Waals surface area contributed by atoms with Gasteiger partial charge in [-0.15, -0.1) is 0 Å². The third kappa shape index (κ3) is 4.19. The molecule has 3 nitrogen and oxygen atoms in total. The van der Waals surface area contributed by atoms with Gasteiger partial charge in [-0.2, -0.15) is 8.78 Å². The molecule has 1 aromatic carbocycles. The van der Waals surface area contributed by atoms with Crippen LogP contribution >= 0.6 is 23.2 Å². The molecule has 0 unspecified atom stereocenters. The van der Waals surface area contributed by atoms with Gasteiger partial charge in [0.1, 0.15) is 5.75 Å². The Hall–Kier alpha value is -1.59. The second kappa shape index (κ2) is 6.91. The Bertz CT molecular complexity index is 618. The lowest BCUT2D eigenvalue weighted by Crippen LogP contribution is -2.08. The van der Waals surface area contributed by atoms with Crippen molar-refractivity contribution >= 4 is 28.9 Å². The molecular formula is C14H12Cl2F2N2O. The van der Waals surface area contributed by atoms with E-state index in [4.69, 9.17) is 23.2 Å². The van der Waals surface area contributed by atoms with Crippen LogP contribution < -0.4 is 10.1 Å². The van der Waals surface area contributed by atoms with Crippen LogP contribution in [0.25, 0.3) is 0 Å². The zero-order chi connectivity index (χ0) is 15.4. The minimum atomic E-state index is -2.89. The van der Waals surface area contributed by atoms with Gasteiger partial charge in [0.2, 0.25) is 0 Å². The topological polar surface area (TPSA) is 34.2 Å². The van der Waals surface area contributed by atoms with Crippen LogP contribution in [0.1, 0.15) is 11.1 Å². The molecule has 0 saturated heterocycles. The molecule has 0 radical (unpaired) electrons. The average molecular weight is 333 g/mol. The summed E-state index contributed by atoms with van der Waals surface area (Å²) in [5.41, 5.74) is 2.04. The highest BCUT2D eigenvalue weighted by atomic mass is 35.5. The van der Waals surface area contributed by atoms with Crippen molar-refractivity contribution in [3.05, 3.63) is 51.8 Å². The number of ether oxygens (including phenoxy) is 1. The number of pyridine rings is 1. The molecule has 2 rings (SSSR count). The minimum Gasteiger partial charge on any atom is -0.434 e. The first-order valence-electron chi connectivity index (χ1n) is 6.05. The molecule has 0 amide bonds. The molecule has 0 fully saturated rings. The summed E-state index contributed by atoms with van der Waals surface area (Å²) >= 11 is 11.9. The van der Waals surface area contributed by atoms with Gasteiger partial charge in [-0.05, 0) is 36.8 Å². The predicted molar refractivity (Wildman–Crippen MR) is 79.4 cm³/mol. The number of halogens is 4. The number of alkyl halides is 2. The summed E-state index contributed by atoms with van der Waals surface area (Å²) < 4.78 is 29.2. The van der Waals surface area contributed by atoms with E-state index < -0.39 is 6.61 Å². The Labute approximate surface area is 130 Å². The minimum absolute atomic E-state index is 0.0690. The lowest BCUT2D eigenvalue weighted by molar-refractivity contribution is -0.0504. The number of aromatic nitrogens is 1. The van der Waals surface area contributed by atoms with Crippen molar-refractivity contribution in [3.63, 3.8) is 0 Å². The summed E-state index contributed by atoms with van der Waals surface area (Å²) in [5, 5.41) is 3.81. The molecule has 0 bridgehead atoms. The van der Waals surface area contributed by atoms with Gasteiger partial charge in [-0.1, -0.05) is 23.2 Å². The van der Waals surface area contributed by atoms with E-state index in [0.29, 0.717) is 21.4 Å². The van der Waals surface area contributed by atoms with Crippen molar-refractivity contribution in [1.29, 1.82) is 0 Å². The summed E-state index contributed by atoms with van der Waals surface area (Å²) in [6.07, 6.45) is 1.59. The van der Waals surface area contributed by atoms with Gasteiger partial charge in [-0.3, -0.25) is 0 Å². The normalized spacial score (nSPS) is 10.8. The van der Waals surface area contributed by atoms with Crippen LogP contribution in [0.3, 0.4) is 0 Å². The Morgan fingerprint density at radius 3 is 2.71 bits per heavy atom. The van der Waals surface area contributed by atoms with E-state index in [1.807, 2.05) is 6.92 Å². The van der Waals surface area contributed by atoms with Gasteiger partial charge in [0.05, 0.1) is 5.69 Å². The molecule has 1 aromatic heterocycles. The molecule has 21 heavy (non-hydrogen) atoms. The third-order valence-corrected chi connectivity index (χ3v) is 3.33. The molecule has 0 saturated carbocycles. The second-order valence-corrected chi connectivity index (χ2v) is 5.07. The fourth-order valence-electron chi connectivity index (χ4n) is 1.82. The monoisotopic (exact) mass is 332 g/mol. The molecule has 7 heteroatoms. The summed E-state index contributed by atoms with van der Waals surface area (Å²) in [4.78, 5) is 3.97. The maximum Gasteiger partial charge on any atom is 0.387 e. The summed E-state index contributed by atoms with van der Waals surface area (Å²) in [6.45, 7) is -0.798. The lowest BCUT2D eigenvalue weighted by atomic mass is 10.2. The standard InChI is InChI=1S/C14H12Cl2F2N2O/c1-8-4-5-19-13(16)12(8)20-7-9-6-10(15)2-3-11(9)21-14(17)18/h2-6,14,20H,7H2,1H3. The summed E-state index contributed by atoms with van der Waals surface area (Å²) in [5.74, 6) is 0.0690. The van der Waals surface area contributed by atoms with Crippen LogP contribution in [0.15, 0.2) is 30.5 Å². The maximum atomic E-state index is 12.4. The third-order valence-electron chi connectivity index (χ3n) is 2.81. The van der Waals surface area contributed by atoms with Gasteiger partial charge < -0.3 is 10.1 Å². The molecule has 112 valence electrons. The number of aryl methyl sites for hydroxylation is 1.